The van der Waals surface area contributed by atoms with Gasteiger partial charge in [0.1, 0.15) is 12.4 Å². The molecule has 150 valence electrons. The van der Waals surface area contributed by atoms with Gasteiger partial charge in [-0.05, 0) is 19.4 Å². The number of benzene rings is 1. The van der Waals surface area contributed by atoms with Gasteiger partial charge in [0.25, 0.3) is 0 Å². The summed E-state index contributed by atoms with van der Waals surface area (Å²) in [6.45, 7) is 4.47. The first kappa shape index (κ1) is 20.4. The van der Waals surface area contributed by atoms with Gasteiger partial charge in [0.05, 0.1) is 12.2 Å². The van der Waals surface area contributed by atoms with E-state index in [0.717, 1.165) is 18.4 Å². The average Bonchev–Trinajstić information content (AvgIpc) is 3.14. The predicted octanol–water partition coefficient (Wildman–Crippen LogP) is 5.12. The fraction of sp³-hybridized carbons (Fsp3) is 0.476. The molecule has 2 aromatic rings. The van der Waals surface area contributed by atoms with E-state index in [1.54, 1.807) is 4.68 Å². The normalized spacial score (nSPS) is 15.9. The van der Waals surface area contributed by atoms with E-state index < -0.39 is 6.04 Å². The van der Waals surface area contributed by atoms with Gasteiger partial charge in [0.2, 0.25) is 5.95 Å². The van der Waals surface area contributed by atoms with Crippen molar-refractivity contribution in [2.24, 2.45) is 0 Å². The number of fused-ring (bicyclic) bond motifs is 1. The molecule has 3 rings (SSSR count). The number of hydrogen-bond donors (Lipinski definition) is 1. The van der Waals surface area contributed by atoms with E-state index >= 15 is 0 Å². The number of halogens is 1. The third-order valence-electron chi connectivity index (χ3n) is 4.95. The lowest BCUT2D eigenvalue weighted by Crippen LogP contribution is -2.30. The Kier molecular flexibility index (Phi) is 7.09. The van der Waals surface area contributed by atoms with Crippen LogP contribution in [0.15, 0.2) is 41.9 Å². The number of rotatable bonds is 9. The molecule has 0 amide bonds. The van der Waals surface area contributed by atoms with Gasteiger partial charge >= 0.3 is 5.97 Å². The van der Waals surface area contributed by atoms with E-state index in [1.807, 2.05) is 31.2 Å². The van der Waals surface area contributed by atoms with Gasteiger partial charge in [-0.2, -0.15) is 10.1 Å². The number of nitrogens with zero attached hydrogens (tertiary/aromatic N) is 3. The number of carbonyl (C=O) groups excluding carboxylic acids is 1. The second-order valence-electron chi connectivity index (χ2n) is 7.02. The summed E-state index contributed by atoms with van der Waals surface area (Å²) in [6, 6.07) is 7.00. The predicted molar refractivity (Wildman–Crippen MR) is 110 cm³/mol. The minimum Gasteiger partial charge on any atom is -0.462 e. The van der Waals surface area contributed by atoms with Crippen LogP contribution in [0.4, 0.5) is 5.95 Å². The Morgan fingerprint density at radius 2 is 1.96 bits per heavy atom. The van der Waals surface area contributed by atoms with Crippen LogP contribution in [-0.2, 0) is 9.53 Å². The van der Waals surface area contributed by atoms with E-state index in [-0.39, 0.29) is 5.97 Å². The highest BCUT2D eigenvalue weighted by Gasteiger charge is 2.35. The van der Waals surface area contributed by atoms with Crippen LogP contribution in [0.5, 0.6) is 0 Å². The van der Waals surface area contributed by atoms with Crippen LogP contribution in [0.1, 0.15) is 64.0 Å². The fourth-order valence-electron chi connectivity index (χ4n) is 3.46. The van der Waals surface area contributed by atoms with Crippen molar-refractivity contribution in [1.29, 1.82) is 0 Å². The first-order valence-electron chi connectivity index (χ1n) is 9.92. The van der Waals surface area contributed by atoms with Crippen molar-refractivity contribution in [3.05, 3.63) is 52.4 Å². The van der Waals surface area contributed by atoms with Crippen molar-refractivity contribution in [3.8, 4) is 0 Å². The third-order valence-corrected chi connectivity index (χ3v) is 5.29. The van der Waals surface area contributed by atoms with Gasteiger partial charge in [0, 0.05) is 16.3 Å². The van der Waals surface area contributed by atoms with Crippen LogP contribution in [0, 0.1) is 0 Å². The maximum atomic E-state index is 12.9. The molecule has 28 heavy (non-hydrogen) atoms. The number of unbranched alkanes of at least 4 members (excludes halogenated alkanes) is 5. The number of nitrogens with one attached hydrogen (secondary N) is 1. The maximum absolute atomic E-state index is 12.9. The molecule has 7 heteroatoms. The molecule has 0 saturated heterocycles. The van der Waals surface area contributed by atoms with Gasteiger partial charge in [-0.1, -0.05) is 68.8 Å². The molecule has 1 N–H and O–H groups in total. The molecule has 0 fully saturated rings. The molecule has 0 saturated carbocycles. The number of anilines is 1. The van der Waals surface area contributed by atoms with Gasteiger partial charge in [-0.3, -0.25) is 0 Å². The topological polar surface area (TPSA) is 69.0 Å². The first-order chi connectivity index (χ1) is 13.6. The van der Waals surface area contributed by atoms with E-state index in [4.69, 9.17) is 16.3 Å². The fourth-order valence-corrected chi connectivity index (χ4v) is 3.70. The minimum absolute atomic E-state index is 0.343. The summed E-state index contributed by atoms with van der Waals surface area (Å²) in [5.74, 6) is 0.236. The van der Waals surface area contributed by atoms with Gasteiger partial charge in [-0.25, -0.2) is 9.48 Å². The van der Waals surface area contributed by atoms with E-state index in [0.29, 0.717) is 28.8 Å². The van der Waals surface area contributed by atoms with Crippen LogP contribution < -0.4 is 5.32 Å². The summed E-state index contributed by atoms with van der Waals surface area (Å²) >= 11 is 6.44. The van der Waals surface area contributed by atoms with Crippen molar-refractivity contribution < 1.29 is 9.53 Å². The lowest BCUT2D eigenvalue weighted by Gasteiger charge is -2.28. The zero-order valence-corrected chi connectivity index (χ0v) is 17.2. The summed E-state index contributed by atoms with van der Waals surface area (Å²) in [7, 11) is 0. The molecule has 0 aliphatic carbocycles. The standard InChI is InChI=1S/C21H27ClN4O2/c1-3-4-5-6-7-10-13-28-20(27)18-15(2)25-21-23-14-24-26(21)19(18)16-11-8-9-12-17(16)22/h8-9,11-12,14,19H,3-7,10,13H2,1-2H3,(H,23,24,25). The number of aromatic nitrogens is 3. The monoisotopic (exact) mass is 402 g/mol. The maximum Gasteiger partial charge on any atom is 0.338 e. The highest BCUT2D eigenvalue weighted by molar-refractivity contribution is 6.31. The number of hydrogen-bond acceptors (Lipinski definition) is 5. The molecule has 1 aromatic carbocycles. The Balaban J connectivity index is 1.74. The number of carbonyl (C=O) groups is 1. The average molecular weight is 403 g/mol. The number of ether oxygens (including phenoxy) is 1. The lowest BCUT2D eigenvalue weighted by molar-refractivity contribution is -0.139. The SMILES string of the molecule is CCCCCCCCOC(=O)C1=C(C)Nc2ncnn2C1c1ccccc1Cl. The van der Waals surface area contributed by atoms with Crippen LogP contribution >= 0.6 is 11.6 Å². The number of esters is 1. The number of allylic oxidation sites excluding steroid dienone is 1. The van der Waals surface area contributed by atoms with Gasteiger partial charge < -0.3 is 10.1 Å². The Morgan fingerprint density at radius 1 is 1.21 bits per heavy atom. The largest absolute Gasteiger partial charge is 0.462 e. The Labute approximate surface area is 170 Å². The van der Waals surface area contributed by atoms with Crippen LogP contribution in [0.2, 0.25) is 5.02 Å². The zero-order chi connectivity index (χ0) is 19.9. The molecule has 1 unspecified atom stereocenters. The highest BCUT2D eigenvalue weighted by atomic mass is 35.5. The Bertz CT molecular complexity index is 846. The van der Waals surface area contributed by atoms with Gasteiger partial charge in [0.15, 0.2) is 0 Å². The molecule has 1 aliphatic heterocycles. The second kappa shape index (κ2) is 9.73. The highest BCUT2D eigenvalue weighted by Crippen LogP contribution is 2.37. The Morgan fingerprint density at radius 3 is 2.75 bits per heavy atom. The summed E-state index contributed by atoms with van der Waals surface area (Å²) in [5, 5.41) is 8.02. The molecule has 1 atom stereocenters. The summed E-state index contributed by atoms with van der Waals surface area (Å²) < 4.78 is 7.28. The Hall–Kier alpha value is -2.34. The third kappa shape index (κ3) is 4.55. The molecule has 2 heterocycles. The van der Waals surface area contributed by atoms with E-state index in [1.165, 1.54) is 32.0 Å². The summed E-state index contributed by atoms with van der Waals surface area (Å²) in [6.07, 6.45) is 8.32. The summed E-state index contributed by atoms with van der Waals surface area (Å²) in [5.41, 5.74) is 2.01. The molecule has 0 spiro atoms. The van der Waals surface area contributed by atoms with Crippen molar-refractivity contribution in [2.75, 3.05) is 11.9 Å². The summed E-state index contributed by atoms with van der Waals surface area (Å²) in [4.78, 5) is 17.2. The van der Waals surface area contributed by atoms with Crippen LogP contribution in [-0.4, -0.2) is 27.3 Å². The smallest absolute Gasteiger partial charge is 0.338 e. The lowest BCUT2D eigenvalue weighted by atomic mass is 9.96. The molecular formula is C21H27ClN4O2. The minimum atomic E-state index is -0.468. The first-order valence-corrected chi connectivity index (χ1v) is 10.3. The quantitative estimate of drug-likeness (QED) is 0.465. The van der Waals surface area contributed by atoms with Crippen molar-refractivity contribution in [3.63, 3.8) is 0 Å². The van der Waals surface area contributed by atoms with E-state index in [2.05, 4.69) is 22.3 Å². The second-order valence-corrected chi connectivity index (χ2v) is 7.43. The molecular weight excluding hydrogens is 376 g/mol. The van der Waals surface area contributed by atoms with Crippen molar-refractivity contribution in [1.82, 2.24) is 14.8 Å². The zero-order valence-electron chi connectivity index (χ0n) is 16.4. The molecule has 0 bridgehead atoms. The van der Waals surface area contributed by atoms with Gasteiger partial charge in [-0.15, -0.1) is 0 Å². The molecule has 1 aromatic heterocycles. The van der Waals surface area contributed by atoms with Crippen LogP contribution in [0.3, 0.4) is 0 Å². The molecule has 0 radical (unpaired) electrons. The van der Waals surface area contributed by atoms with Crippen molar-refractivity contribution >= 4 is 23.5 Å². The van der Waals surface area contributed by atoms with Crippen LogP contribution in [0.25, 0.3) is 0 Å². The van der Waals surface area contributed by atoms with E-state index in [9.17, 15) is 4.79 Å². The molecule has 6 nitrogen and oxygen atoms in total. The van der Waals surface area contributed by atoms with Crippen molar-refractivity contribution in [2.45, 2.75) is 58.4 Å². The molecule has 1 aliphatic rings.